The Bertz CT molecular complexity index is 1000. The zero-order valence-electron chi connectivity index (χ0n) is 15.0. The maximum atomic E-state index is 12.7. The van der Waals surface area contributed by atoms with Crippen LogP contribution in [0.2, 0.25) is 0 Å². The van der Waals surface area contributed by atoms with Crippen molar-refractivity contribution >= 4 is 11.7 Å². The molecule has 0 unspecified atom stereocenters. The number of rotatable bonds is 3. The molecule has 3 aromatic rings. The molecule has 0 radical (unpaired) electrons. The minimum absolute atomic E-state index is 0.132. The van der Waals surface area contributed by atoms with Gasteiger partial charge in [0.25, 0.3) is 5.91 Å². The molecule has 0 atom stereocenters. The number of nitrogens with one attached hydrogen (secondary N) is 2. The molecular formula is C22H21N3O2. The van der Waals surface area contributed by atoms with Crippen molar-refractivity contribution in [3.63, 3.8) is 0 Å². The van der Waals surface area contributed by atoms with Crippen molar-refractivity contribution in [2.45, 2.75) is 25.2 Å². The Hall–Kier alpha value is -2.92. The smallest absolute Gasteiger partial charge is 0.256 e. The fraction of sp³-hybridized carbons (Fsp3) is 0.273. The number of benzene rings is 2. The highest BCUT2D eigenvalue weighted by Crippen LogP contribution is 2.37. The third-order valence-electron chi connectivity index (χ3n) is 5.56. The van der Waals surface area contributed by atoms with E-state index >= 15 is 0 Å². The third kappa shape index (κ3) is 3.04. The number of hydrogen-bond acceptors (Lipinski definition) is 3. The number of aromatic amines is 1. The summed E-state index contributed by atoms with van der Waals surface area (Å²) in [6.07, 6.45) is 2.90. The van der Waals surface area contributed by atoms with E-state index in [4.69, 9.17) is 4.74 Å². The predicted molar refractivity (Wildman–Crippen MR) is 104 cm³/mol. The van der Waals surface area contributed by atoms with Crippen molar-refractivity contribution in [2.24, 2.45) is 0 Å². The molecule has 5 heteroatoms. The number of fused-ring (bicyclic) bond motifs is 3. The Labute approximate surface area is 157 Å². The van der Waals surface area contributed by atoms with E-state index in [1.807, 2.05) is 24.3 Å². The second-order valence-electron chi connectivity index (χ2n) is 7.26. The molecule has 136 valence electrons. The number of aromatic nitrogens is 2. The summed E-state index contributed by atoms with van der Waals surface area (Å²) in [6.45, 7) is 1.56. The van der Waals surface area contributed by atoms with Crippen molar-refractivity contribution in [3.05, 3.63) is 70.9 Å². The van der Waals surface area contributed by atoms with Gasteiger partial charge < -0.3 is 10.1 Å². The van der Waals surface area contributed by atoms with Crippen LogP contribution < -0.4 is 5.32 Å². The third-order valence-corrected chi connectivity index (χ3v) is 5.56. The van der Waals surface area contributed by atoms with E-state index in [1.54, 1.807) is 0 Å². The number of anilines is 1. The van der Waals surface area contributed by atoms with Gasteiger partial charge in [0.05, 0.1) is 0 Å². The lowest BCUT2D eigenvalue weighted by molar-refractivity contribution is 0.0845. The fourth-order valence-electron chi connectivity index (χ4n) is 4.07. The van der Waals surface area contributed by atoms with Crippen LogP contribution in [-0.4, -0.2) is 29.3 Å². The zero-order valence-corrected chi connectivity index (χ0v) is 15.0. The fourth-order valence-corrected chi connectivity index (χ4v) is 4.07. The first-order valence-electron chi connectivity index (χ1n) is 9.43. The van der Waals surface area contributed by atoms with Gasteiger partial charge in [-0.15, -0.1) is 0 Å². The Morgan fingerprint density at radius 3 is 2.74 bits per heavy atom. The van der Waals surface area contributed by atoms with Gasteiger partial charge in [-0.05, 0) is 53.6 Å². The lowest BCUT2D eigenvalue weighted by atomic mass is 9.97. The van der Waals surface area contributed by atoms with Crippen molar-refractivity contribution < 1.29 is 9.53 Å². The van der Waals surface area contributed by atoms with Crippen molar-refractivity contribution in [1.82, 2.24) is 10.2 Å². The van der Waals surface area contributed by atoms with Crippen LogP contribution >= 0.6 is 0 Å². The van der Waals surface area contributed by atoms with Gasteiger partial charge in [-0.25, -0.2) is 0 Å². The number of carbonyl (C=O) groups is 1. The minimum Gasteiger partial charge on any atom is -0.381 e. The molecule has 5 rings (SSSR count). The number of H-pyrrole nitrogens is 1. The molecule has 1 aliphatic carbocycles. The van der Waals surface area contributed by atoms with Crippen molar-refractivity contribution in [2.75, 3.05) is 18.5 Å². The average molecular weight is 359 g/mol. The largest absolute Gasteiger partial charge is 0.381 e. The topological polar surface area (TPSA) is 67.0 Å². The zero-order chi connectivity index (χ0) is 18.2. The van der Waals surface area contributed by atoms with Crippen LogP contribution in [-0.2, 0) is 11.2 Å². The minimum atomic E-state index is -0.132. The Morgan fingerprint density at radius 2 is 1.85 bits per heavy atom. The van der Waals surface area contributed by atoms with Gasteiger partial charge in [0, 0.05) is 36.5 Å². The molecule has 1 amide bonds. The average Bonchev–Trinajstić information content (AvgIpc) is 3.32. The van der Waals surface area contributed by atoms with E-state index < -0.39 is 0 Å². The highest BCUT2D eigenvalue weighted by atomic mass is 16.5. The highest BCUT2D eigenvalue weighted by Gasteiger charge is 2.21. The summed E-state index contributed by atoms with van der Waals surface area (Å²) in [7, 11) is 0. The van der Waals surface area contributed by atoms with Gasteiger partial charge in [-0.1, -0.05) is 30.3 Å². The predicted octanol–water partition coefficient (Wildman–Crippen LogP) is 4.13. The molecule has 1 fully saturated rings. The lowest BCUT2D eigenvalue weighted by Gasteiger charge is -2.20. The second-order valence-corrected chi connectivity index (χ2v) is 7.26. The van der Waals surface area contributed by atoms with E-state index in [9.17, 15) is 4.79 Å². The van der Waals surface area contributed by atoms with Crippen LogP contribution in [0.4, 0.5) is 5.82 Å². The maximum Gasteiger partial charge on any atom is 0.256 e. The van der Waals surface area contributed by atoms with E-state index in [-0.39, 0.29) is 5.91 Å². The molecule has 2 aromatic carbocycles. The first-order valence-corrected chi connectivity index (χ1v) is 9.43. The van der Waals surface area contributed by atoms with Gasteiger partial charge >= 0.3 is 0 Å². The summed E-state index contributed by atoms with van der Waals surface area (Å²) in [5, 5.41) is 10.3. The van der Waals surface area contributed by atoms with E-state index in [0.29, 0.717) is 17.3 Å². The molecule has 5 nitrogen and oxygen atoms in total. The molecule has 2 N–H and O–H groups in total. The summed E-state index contributed by atoms with van der Waals surface area (Å²) >= 11 is 0. The molecule has 0 bridgehead atoms. The van der Waals surface area contributed by atoms with Crippen LogP contribution in [0.5, 0.6) is 0 Å². The molecule has 2 aliphatic rings. The summed E-state index contributed by atoms with van der Waals surface area (Å²) in [5.74, 6) is 0.864. The molecule has 1 aliphatic heterocycles. The molecule has 1 aromatic heterocycles. The van der Waals surface area contributed by atoms with Crippen LogP contribution in [0, 0.1) is 0 Å². The first-order chi connectivity index (χ1) is 13.3. The van der Waals surface area contributed by atoms with Crippen LogP contribution in [0.25, 0.3) is 11.1 Å². The molecule has 1 saturated heterocycles. The van der Waals surface area contributed by atoms with Gasteiger partial charge in [0.2, 0.25) is 0 Å². The summed E-state index contributed by atoms with van der Waals surface area (Å²) in [5.41, 5.74) is 6.69. The standard InChI is InChI=1S/C22H21N3O2/c26-22(23-21-13-20(24-25-21)14-7-9-27-10-8-14)17-6-5-16-11-15-3-1-2-4-18(15)19(16)12-17/h1-6,12-14H,7-11H2,(H2,23,24,25,26). The molecule has 0 spiro atoms. The molecule has 27 heavy (non-hydrogen) atoms. The van der Waals surface area contributed by atoms with Gasteiger partial charge in [-0.2, -0.15) is 5.10 Å². The Kier molecular flexibility index (Phi) is 4.02. The van der Waals surface area contributed by atoms with E-state index in [0.717, 1.165) is 43.7 Å². The van der Waals surface area contributed by atoms with E-state index in [2.05, 4.69) is 39.8 Å². The lowest BCUT2D eigenvalue weighted by Crippen LogP contribution is -2.14. The number of nitrogens with zero attached hydrogens (tertiary/aromatic N) is 1. The van der Waals surface area contributed by atoms with E-state index in [1.165, 1.54) is 16.7 Å². The number of hydrogen-bond donors (Lipinski definition) is 2. The van der Waals surface area contributed by atoms with Crippen molar-refractivity contribution in [1.29, 1.82) is 0 Å². The number of ether oxygens (including phenoxy) is 1. The second kappa shape index (κ2) is 6.67. The summed E-state index contributed by atoms with van der Waals surface area (Å²) < 4.78 is 5.41. The molecule has 2 heterocycles. The van der Waals surface area contributed by atoms with Crippen LogP contribution in [0.15, 0.2) is 48.5 Å². The Morgan fingerprint density at radius 1 is 1.04 bits per heavy atom. The molecular weight excluding hydrogens is 338 g/mol. The quantitative estimate of drug-likeness (QED) is 0.578. The molecule has 0 saturated carbocycles. The highest BCUT2D eigenvalue weighted by molar-refractivity contribution is 6.05. The summed E-state index contributed by atoms with van der Waals surface area (Å²) in [6, 6.07) is 16.3. The SMILES string of the molecule is O=C(Nc1cc(C2CCOCC2)[nH]n1)c1ccc2c(c1)-c1ccccc1C2. The van der Waals surface area contributed by atoms with Gasteiger partial charge in [0.1, 0.15) is 0 Å². The Balaban J connectivity index is 1.35. The normalized spacial score (nSPS) is 16.0. The van der Waals surface area contributed by atoms with Gasteiger partial charge in [0.15, 0.2) is 5.82 Å². The monoisotopic (exact) mass is 359 g/mol. The van der Waals surface area contributed by atoms with Crippen LogP contribution in [0.1, 0.15) is 45.9 Å². The van der Waals surface area contributed by atoms with Crippen molar-refractivity contribution in [3.8, 4) is 11.1 Å². The number of carbonyl (C=O) groups excluding carboxylic acids is 1. The maximum absolute atomic E-state index is 12.7. The first kappa shape index (κ1) is 16.3. The number of amides is 1. The summed E-state index contributed by atoms with van der Waals surface area (Å²) in [4.78, 5) is 12.7. The van der Waals surface area contributed by atoms with Crippen LogP contribution in [0.3, 0.4) is 0 Å². The van der Waals surface area contributed by atoms with Gasteiger partial charge in [-0.3, -0.25) is 9.89 Å².